The number of nitrogens with zero attached hydrogens (tertiary/aromatic N) is 7. The molecule has 1 aliphatic carbocycles. The standard InChI is InChI=1S/C19H25N7O3S2/c1-2-7-25-17-6-5-15(31(27,28)24-8-10-29-11-9-24)12-16(17)20-18(25)13-30-19-21-22-23-26(19)14-3-4-14/h5-6,12,14H,2-4,7-11,13H2,1H3. The van der Waals surface area contributed by atoms with Crippen LogP contribution >= 0.6 is 11.8 Å². The number of thioether (sulfide) groups is 1. The Balaban J connectivity index is 1.44. The highest BCUT2D eigenvalue weighted by Crippen LogP contribution is 2.37. The largest absolute Gasteiger partial charge is 0.379 e. The van der Waals surface area contributed by atoms with E-state index in [1.165, 1.54) is 4.31 Å². The maximum Gasteiger partial charge on any atom is 0.243 e. The molecule has 2 fully saturated rings. The van der Waals surface area contributed by atoms with Gasteiger partial charge in [0.15, 0.2) is 0 Å². The second-order valence-corrected chi connectivity index (χ2v) is 10.7. The van der Waals surface area contributed by atoms with Gasteiger partial charge in [0.1, 0.15) is 5.82 Å². The summed E-state index contributed by atoms with van der Waals surface area (Å²) in [7, 11) is -3.56. The van der Waals surface area contributed by atoms with Crippen molar-refractivity contribution in [3.8, 4) is 0 Å². The third kappa shape index (κ3) is 4.09. The van der Waals surface area contributed by atoms with Crippen LogP contribution in [0.15, 0.2) is 28.3 Å². The van der Waals surface area contributed by atoms with Crippen molar-refractivity contribution in [1.82, 2.24) is 34.1 Å². The molecule has 1 saturated heterocycles. The molecule has 0 spiro atoms. The van der Waals surface area contributed by atoms with Gasteiger partial charge < -0.3 is 9.30 Å². The Labute approximate surface area is 185 Å². The molecule has 10 nitrogen and oxygen atoms in total. The smallest absolute Gasteiger partial charge is 0.243 e. The molecule has 12 heteroatoms. The lowest BCUT2D eigenvalue weighted by atomic mass is 10.3. The predicted molar refractivity (Wildman–Crippen MR) is 115 cm³/mol. The molecule has 0 N–H and O–H groups in total. The number of rotatable bonds is 8. The maximum absolute atomic E-state index is 13.0. The summed E-state index contributed by atoms with van der Waals surface area (Å²) in [4.78, 5) is 5.07. The molecule has 166 valence electrons. The number of tetrazole rings is 1. The van der Waals surface area contributed by atoms with Gasteiger partial charge in [0.2, 0.25) is 15.2 Å². The van der Waals surface area contributed by atoms with Gasteiger partial charge in [-0.15, -0.1) is 5.10 Å². The van der Waals surface area contributed by atoms with Gasteiger partial charge in [-0.05, 0) is 47.9 Å². The molecule has 0 bridgehead atoms. The zero-order chi connectivity index (χ0) is 21.4. The van der Waals surface area contributed by atoms with Crippen LogP contribution < -0.4 is 0 Å². The predicted octanol–water partition coefficient (Wildman–Crippen LogP) is 2.08. The van der Waals surface area contributed by atoms with Crippen LogP contribution in [0.3, 0.4) is 0 Å². The van der Waals surface area contributed by atoms with Crippen molar-refractivity contribution in [2.24, 2.45) is 0 Å². The Morgan fingerprint density at radius 3 is 2.77 bits per heavy atom. The first-order valence-electron chi connectivity index (χ1n) is 10.6. The lowest BCUT2D eigenvalue weighted by Gasteiger charge is -2.26. The molecule has 1 saturated carbocycles. The van der Waals surface area contributed by atoms with Gasteiger partial charge >= 0.3 is 0 Å². The third-order valence-electron chi connectivity index (χ3n) is 5.54. The van der Waals surface area contributed by atoms with E-state index < -0.39 is 10.0 Å². The lowest BCUT2D eigenvalue weighted by Crippen LogP contribution is -2.40. The van der Waals surface area contributed by atoms with Gasteiger partial charge in [-0.1, -0.05) is 18.7 Å². The van der Waals surface area contributed by atoms with E-state index in [0.717, 1.165) is 42.3 Å². The highest BCUT2D eigenvalue weighted by Gasteiger charge is 2.29. The quantitative estimate of drug-likeness (QED) is 0.467. The number of ether oxygens (including phenoxy) is 1. The van der Waals surface area contributed by atoms with E-state index in [2.05, 4.69) is 27.0 Å². The highest BCUT2D eigenvalue weighted by molar-refractivity contribution is 7.98. The minimum absolute atomic E-state index is 0.278. The van der Waals surface area contributed by atoms with Crippen LogP contribution in [0.25, 0.3) is 11.0 Å². The molecule has 3 heterocycles. The topological polar surface area (TPSA) is 108 Å². The molecule has 1 aromatic carbocycles. The normalized spacial score (nSPS) is 18.1. The summed E-state index contributed by atoms with van der Waals surface area (Å²) in [5.41, 5.74) is 1.64. The van der Waals surface area contributed by atoms with E-state index in [1.54, 1.807) is 23.9 Å². The molecule has 0 atom stereocenters. The number of aromatic nitrogens is 6. The van der Waals surface area contributed by atoms with Gasteiger partial charge in [0.25, 0.3) is 0 Å². The fraction of sp³-hybridized carbons (Fsp3) is 0.579. The third-order valence-corrected chi connectivity index (χ3v) is 8.36. The second-order valence-electron chi connectivity index (χ2n) is 7.77. The molecule has 0 radical (unpaired) electrons. The Hall–Kier alpha value is -2.02. The van der Waals surface area contributed by atoms with Crippen LogP contribution in [0.5, 0.6) is 0 Å². The van der Waals surface area contributed by atoms with Crippen molar-refractivity contribution >= 4 is 32.8 Å². The summed E-state index contributed by atoms with van der Waals surface area (Å²) in [6.07, 6.45) is 3.19. The van der Waals surface area contributed by atoms with Crippen molar-refractivity contribution in [3.63, 3.8) is 0 Å². The number of imidazole rings is 1. The van der Waals surface area contributed by atoms with E-state index in [-0.39, 0.29) is 4.90 Å². The van der Waals surface area contributed by atoms with E-state index in [1.807, 2.05) is 10.7 Å². The number of morpholine rings is 1. The minimum atomic E-state index is -3.56. The number of sulfonamides is 1. The van der Waals surface area contributed by atoms with Gasteiger partial charge in [-0.25, -0.2) is 18.1 Å². The van der Waals surface area contributed by atoms with Gasteiger partial charge in [-0.2, -0.15) is 4.31 Å². The molecule has 0 amide bonds. The van der Waals surface area contributed by atoms with Crippen LogP contribution in [0.2, 0.25) is 0 Å². The van der Waals surface area contributed by atoms with Gasteiger partial charge in [0, 0.05) is 19.6 Å². The molecule has 1 aliphatic heterocycles. The summed E-state index contributed by atoms with van der Waals surface area (Å²) in [5, 5.41) is 12.9. The van der Waals surface area contributed by atoms with E-state index in [0.29, 0.717) is 43.6 Å². The van der Waals surface area contributed by atoms with Crippen LogP contribution in [-0.2, 0) is 27.1 Å². The molecular weight excluding hydrogens is 438 g/mol. The Kier molecular flexibility index (Phi) is 5.71. The molecule has 2 aromatic heterocycles. The first-order chi connectivity index (χ1) is 15.1. The summed E-state index contributed by atoms with van der Waals surface area (Å²) >= 11 is 1.57. The van der Waals surface area contributed by atoms with E-state index in [4.69, 9.17) is 9.72 Å². The molecular formula is C19H25N7O3S2. The number of hydrogen-bond donors (Lipinski definition) is 0. The van der Waals surface area contributed by atoms with Crippen molar-refractivity contribution < 1.29 is 13.2 Å². The zero-order valence-corrected chi connectivity index (χ0v) is 19.0. The molecule has 2 aliphatic rings. The summed E-state index contributed by atoms with van der Waals surface area (Å²) < 4.78 is 36.9. The van der Waals surface area contributed by atoms with Crippen LogP contribution in [0, 0.1) is 0 Å². The minimum Gasteiger partial charge on any atom is -0.379 e. The molecule has 31 heavy (non-hydrogen) atoms. The molecule has 3 aromatic rings. The van der Waals surface area contributed by atoms with Crippen molar-refractivity contribution in [1.29, 1.82) is 0 Å². The SMILES string of the molecule is CCCn1c(CSc2nnnn2C2CC2)nc2cc(S(=O)(=O)N3CCOCC3)ccc21. The van der Waals surface area contributed by atoms with Crippen molar-refractivity contribution in [3.05, 3.63) is 24.0 Å². The Bertz CT molecular complexity index is 1180. The van der Waals surface area contributed by atoms with E-state index in [9.17, 15) is 8.42 Å². The monoisotopic (exact) mass is 463 g/mol. The number of fused-ring (bicyclic) bond motifs is 1. The fourth-order valence-corrected chi connectivity index (χ4v) is 6.12. The van der Waals surface area contributed by atoms with E-state index >= 15 is 0 Å². The first-order valence-corrected chi connectivity index (χ1v) is 13.0. The first kappa shape index (κ1) is 20.9. The number of benzene rings is 1. The highest BCUT2D eigenvalue weighted by atomic mass is 32.2. The fourth-order valence-electron chi connectivity index (χ4n) is 3.80. The van der Waals surface area contributed by atoms with Crippen LogP contribution in [0.1, 0.15) is 38.1 Å². The molecule has 0 unspecified atom stereocenters. The van der Waals surface area contributed by atoms with Gasteiger partial charge in [-0.3, -0.25) is 0 Å². The maximum atomic E-state index is 13.0. The summed E-state index contributed by atoms with van der Waals surface area (Å²) in [5.74, 6) is 1.51. The van der Waals surface area contributed by atoms with Crippen LogP contribution in [-0.4, -0.2) is 68.8 Å². The summed E-state index contributed by atoms with van der Waals surface area (Å²) in [6, 6.07) is 5.66. The molecule has 5 rings (SSSR count). The van der Waals surface area contributed by atoms with Crippen molar-refractivity contribution in [2.45, 2.75) is 54.6 Å². The number of hydrogen-bond acceptors (Lipinski definition) is 8. The lowest BCUT2D eigenvalue weighted by molar-refractivity contribution is 0.0730. The Morgan fingerprint density at radius 2 is 2.03 bits per heavy atom. The average Bonchev–Trinajstić information content (AvgIpc) is 3.42. The summed E-state index contributed by atoms with van der Waals surface area (Å²) in [6.45, 7) is 4.54. The van der Waals surface area contributed by atoms with Crippen LogP contribution in [0.4, 0.5) is 0 Å². The van der Waals surface area contributed by atoms with Gasteiger partial charge in [0.05, 0.1) is 40.9 Å². The zero-order valence-electron chi connectivity index (χ0n) is 17.3. The Morgan fingerprint density at radius 1 is 1.23 bits per heavy atom. The average molecular weight is 464 g/mol. The second kappa shape index (κ2) is 8.49. The van der Waals surface area contributed by atoms with Crippen molar-refractivity contribution in [2.75, 3.05) is 26.3 Å². The number of aryl methyl sites for hydroxylation is 1.